The zero-order chi connectivity index (χ0) is 14.8. The first kappa shape index (κ1) is 15.0. The van der Waals surface area contributed by atoms with Crippen molar-refractivity contribution in [3.63, 3.8) is 0 Å². The van der Waals surface area contributed by atoms with Gasteiger partial charge in [0.05, 0.1) is 4.88 Å². The van der Waals surface area contributed by atoms with E-state index in [-0.39, 0.29) is 11.9 Å². The second kappa shape index (κ2) is 6.49. The first-order valence-corrected chi connectivity index (χ1v) is 9.17. The molecule has 2 unspecified atom stereocenters. The van der Waals surface area contributed by atoms with Crippen LogP contribution in [0.1, 0.15) is 59.1 Å². The van der Waals surface area contributed by atoms with Crippen molar-refractivity contribution in [1.29, 1.82) is 0 Å². The first-order chi connectivity index (χ1) is 10.2. The number of hydrogen-bond donors (Lipinski definition) is 1. The summed E-state index contributed by atoms with van der Waals surface area (Å²) in [5.74, 6) is 0.957. The van der Waals surface area contributed by atoms with Crippen molar-refractivity contribution in [2.24, 2.45) is 11.7 Å². The average Bonchev–Trinajstić information content (AvgIpc) is 2.97. The second-order valence-corrected chi connectivity index (χ2v) is 7.59. The Hall–Kier alpha value is -0.870. The smallest absolute Gasteiger partial charge is 0.264 e. The minimum Gasteiger partial charge on any atom is -0.334 e. The molecule has 2 heterocycles. The maximum atomic E-state index is 12.9. The lowest BCUT2D eigenvalue weighted by Gasteiger charge is -2.38. The highest BCUT2D eigenvalue weighted by Crippen LogP contribution is 2.32. The molecular weight excluding hydrogens is 280 g/mol. The molecule has 1 aliphatic heterocycles. The number of amides is 1. The zero-order valence-electron chi connectivity index (χ0n) is 12.9. The molecule has 1 aromatic heterocycles. The molecule has 3 rings (SSSR count). The molecule has 0 spiro atoms. The molecule has 3 nitrogen and oxygen atoms in total. The van der Waals surface area contributed by atoms with Gasteiger partial charge in [-0.2, -0.15) is 0 Å². The van der Waals surface area contributed by atoms with Gasteiger partial charge >= 0.3 is 0 Å². The Labute approximate surface area is 131 Å². The standard InChI is InChI=1S/C17H26N2OS/c1-2-12-7-8-19(14(9-12)11-18)17(20)16-10-13-5-3-4-6-15(13)21-16/h10,12,14H,2-9,11,18H2,1H3. The zero-order valence-corrected chi connectivity index (χ0v) is 13.8. The number of thiophene rings is 1. The van der Waals surface area contributed by atoms with E-state index in [9.17, 15) is 4.79 Å². The van der Waals surface area contributed by atoms with Gasteiger partial charge in [0.2, 0.25) is 0 Å². The predicted molar refractivity (Wildman–Crippen MR) is 87.9 cm³/mol. The number of fused-ring (bicyclic) bond motifs is 1. The van der Waals surface area contributed by atoms with E-state index in [4.69, 9.17) is 5.73 Å². The van der Waals surface area contributed by atoms with E-state index in [1.54, 1.807) is 11.3 Å². The molecule has 0 bridgehead atoms. The van der Waals surface area contributed by atoms with Gasteiger partial charge in [0.25, 0.3) is 5.91 Å². The molecule has 2 atom stereocenters. The maximum absolute atomic E-state index is 12.9. The minimum atomic E-state index is 0.222. The van der Waals surface area contributed by atoms with Crippen molar-refractivity contribution >= 4 is 17.2 Å². The van der Waals surface area contributed by atoms with E-state index < -0.39 is 0 Å². The largest absolute Gasteiger partial charge is 0.334 e. The van der Waals surface area contributed by atoms with Gasteiger partial charge in [-0.3, -0.25) is 4.79 Å². The molecule has 1 aromatic rings. The third kappa shape index (κ3) is 3.02. The van der Waals surface area contributed by atoms with Crippen molar-refractivity contribution in [2.45, 2.75) is 57.9 Å². The number of hydrogen-bond acceptors (Lipinski definition) is 3. The predicted octanol–water partition coefficient (Wildman–Crippen LogP) is 3.22. The van der Waals surface area contributed by atoms with Crippen LogP contribution in [0.5, 0.6) is 0 Å². The van der Waals surface area contributed by atoms with Crippen LogP contribution in [0.25, 0.3) is 0 Å². The van der Waals surface area contributed by atoms with Gasteiger partial charge in [-0.1, -0.05) is 13.3 Å². The molecule has 2 N–H and O–H groups in total. The number of nitrogens with two attached hydrogens (primary N) is 1. The Bertz CT molecular complexity index is 487. The maximum Gasteiger partial charge on any atom is 0.264 e. The SMILES string of the molecule is CCC1CCN(C(=O)c2cc3c(s2)CCCC3)C(CN)C1. The summed E-state index contributed by atoms with van der Waals surface area (Å²) >= 11 is 1.72. The fourth-order valence-electron chi connectivity index (χ4n) is 3.73. The number of nitrogens with zero attached hydrogens (tertiary/aromatic N) is 1. The Balaban J connectivity index is 1.76. The lowest BCUT2D eigenvalue weighted by Crippen LogP contribution is -2.49. The molecule has 2 aliphatic rings. The number of likely N-dealkylation sites (tertiary alicyclic amines) is 1. The van der Waals surface area contributed by atoms with E-state index in [0.717, 1.165) is 43.0 Å². The molecule has 1 saturated heterocycles. The van der Waals surface area contributed by atoms with Crippen LogP contribution >= 0.6 is 11.3 Å². The summed E-state index contributed by atoms with van der Waals surface area (Å²) in [4.78, 5) is 17.3. The summed E-state index contributed by atoms with van der Waals surface area (Å²) in [6.45, 7) is 3.71. The topological polar surface area (TPSA) is 46.3 Å². The highest BCUT2D eigenvalue weighted by Gasteiger charge is 2.31. The van der Waals surface area contributed by atoms with E-state index in [2.05, 4.69) is 13.0 Å². The van der Waals surface area contributed by atoms with Crippen molar-refractivity contribution in [2.75, 3.05) is 13.1 Å². The third-order valence-corrected chi connectivity index (χ3v) is 6.37. The number of aryl methyl sites for hydroxylation is 2. The summed E-state index contributed by atoms with van der Waals surface area (Å²) in [6.07, 6.45) is 8.25. The molecule has 1 aliphatic carbocycles. The Kier molecular flexibility index (Phi) is 4.65. The summed E-state index contributed by atoms with van der Waals surface area (Å²) in [5, 5.41) is 0. The Morgan fingerprint density at radius 1 is 1.43 bits per heavy atom. The summed E-state index contributed by atoms with van der Waals surface area (Å²) < 4.78 is 0. The molecule has 0 radical (unpaired) electrons. The van der Waals surface area contributed by atoms with E-state index >= 15 is 0 Å². The summed E-state index contributed by atoms with van der Waals surface area (Å²) in [5.41, 5.74) is 7.35. The second-order valence-electron chi connectivity index (χ2n) is 6.45. The number of carbonyl (C=O) groups is 1. The van der Waals surface area contributed by atoms with Gasteiger partial charge in [-0.05, 0) is 56.1 Å². The van der Waals surface area contributed by atoms with E-state index in [1.165, 1.54) is 29.7 Å². The number of rotatable bonds is 3. The molecule has 21 heavy (non-hydrogen) atoms. The van der Waals surface area contributed by atoms with Crippen LogP contribution in [0.4, 0.5) is 0 Å². The molecule has 4 heteroatoms. The summed E-state index contributed by atoms with van der Waals surface area (Å²) in [6, 6.07) is 2.39. The van der Waals surface area contributed by atoms with E-state index in [0.29, 0.717) is 6.54 Å². The minimum absolute atomic E-state index is 0.222. The highest BCUT2D eigenvalue weighted by molar-refractivity contribution is 7.14. The fourth-order valence-corrected chi connectivity index (χ4v) is 4.94. The van der Waals surface area contributed by atoms with Gasteiger partial charge in [-0.15, -0.1) is 11.3 Å². The lowest BCUT2D eigenvalue weighted by atomic mass is 9.88. The van der Waals surface area contributed by atoms with Crippen LogP contribution in [0.15, 0.2) is 6.07 Å². The van der Waals surface area contributed by atoms with Crippen molar-refractivity contribution < 1.29 is 4.79 Å². The molecule has 0 saturated carbocycles. The van der Waals surface area contributed by atoms with Crippen molar-refractivity contribution in [3.8, 4) is 0 Å². The molecular formula is C17H26N2OS. The molecule has 1 amide bonds. The highest BCUT2D eigenvalue weighted by atomic mass is 32.1. The molecule has 1 fully saturated rings. The first-order valence-electron chi connectivity index (χ1n) is 8.35. The van der Waals surface area contributed by atoms with Crippen LogP contribution in [0, 0.1) is 5.92 Å². The van der Waals surface area contributed by atoms with Gasteiger partial charge in [-0.25, -0.2) is 0 Å². The van der Waals surface area contributed by atoms with Gasteiger partial charge < -0.3 is 10.6 Å². The lowest BCUT2D eigenvalue weighted by molar-refractivity contribution is 0.0563. The van der Waals surface area contributed by atoms with Crippen molar-refractivity contribution in [3.05, 3.63) is 21.4 Å². The van der Waals surface area contributed by atoms with Gasteiger partial charge in [0, 0.05) is 24.0 Å². The molecule has 116 valence electrons. The van der Waals surface area contributed by atoms with Crippen LogP contribution in [-0.4, -0.2) is 29.9 Å². The monoisotopic (exact) mass is 306 g/mol. The normalized spacial score (nSPS) is 25.7. The van der Waals surface area contributed by atoms with Crippen molar-refractivity contribution in [1.82, 2.24) is 4.90 Å². The average molecular weight is 306 g/mol. The third-order valence-electron chi connectivity index (χ3n) is 5.14. The molecule has 0 aromatic carbocycles. The van der Waals surface area contributed by atoms with Crippen LogP contribution in [0.2, 0.25) is 0 Å². The summed E-state index contributed by atoms with van der Waals surface area (Å²) in [7, 11) is 0. The van der Waals surface area contributed by atoms with E-state index in [1.807, 2.05) is 4.90 Å². The Morgan fingerprint density at radius 3 is 2.95 bits per heavy atom. The van der Waals surface area contributed by atoms with Crippen LogP contribution in [-0.2, 0) is 12.8 Å². The van der Waals surface area contributed by atoms with Gasteiger partial charge in [0.1, 0.15) is 0 Å². The van der Waals surface area contributed by atoms with Gasteiger partial charge in [0.15, 0.2) is 0 Å². The number of carbonyl (C=O) groups excluding carboxylic acids is 1. The quantitative estimate of drug-likeness (QED) is 0.932. The van der Waals surface area contributed by atoms with Crippen LogP contribution in [0.3, 0.4) is 0 Å². The Morgan fingerprint density at radius 2 is 2.24 bits per heavy atom. The van der Waals surface area contributed by atoms with Crippen LogP contribution < -0.4 is 5.73 Å². The fraction of sp³-hybridized carbons (Fsp3) is 0.706. The number of piperidine rings is 1.